The lowest BCUT2D eigenvalue weighted by atomic mass is 10.2. The molecule has 1 heterocycles. The Hall–Kier alpha value is -1.29. The van der Waals surface area contributed by atoms with E-state index in [-0.39, 0.29) is 12.1 Å². The zero-order valence-corrected chi connectivity index (χ0v) is 5.42. The van der Waals surface area contributed by atoms with Crippen LogP contribution in [0.3, 0.4) is 0 Å². The van der Waals surface area contributed by atoms with Gasteiger partial charge in [0.25, 0.3) is 5.56 Å². The van der Waals surface area contributed by atoms with Gasteiger partial charge in [-0.15, -0.1) is 0 Å². The van der Waals surface area contributed by atoms with Crippen LogP contribution in [0.5, 0.6) is 0 Å². The molecule has 0 aliphatic heterocycles. The second-order valence-electron chi connectivity index (χ2n) is 1.99. The quantitative estimate of drug-likeness (QED) is 0.486. The summed E-state index contributed by atoms with van der Waals surface area (Å²) in [7, 11) is 0. The summed E-state index contributed by atoms with van der Waals surface area (Å²) in [5.74, 6) is 0. The molecule has 1 aromatic rings. The van der Waals surface area contributed by atoms with E-state index in [0.29, 0.717) is 11.3 Å². The molecule has 10 heavy (non-hydrogen) atoms. The summed E-state index contributed by atoms with van der Waals surface area (Å²) in [4.78, 5) is 13.3. The Balaban J connectivity index is 3.22. The highest BCUT2D eigenvalue weighted by atomic mass is 16.1. The Kier molecular flexibility index (Phi) is 1.73. The fraction of sp³-hybridized carbons (Fsp3) is 0.167. The predicted octanol–water partition coefficient (Wildman–Crippen LogP) is -0.584. The predicted molar refractivity (Wildman–Crippen MR) is 39.4 cm³/mol. The average molecular weight is 139 g/mol. The number of nitrogens with one attached hydrogen (secondary N) is 1. The van der Waals surface area contributed by atoms with Crippen LogP contribution in [0.25, 0.3) is 0 Å². The molecule has 0 spiro atoms. The summed E-state index contributed by atoms with van der Waals surface area (Å²) in [6, 6.07) is 1.57. The van der Waals surface area contributed by atoms with Gasteiger partial charge >= 0.3 is 0 Å². The molecule has 1 rings (SSSR count). The van der Waals surface area contributed by atoms with Crippen LogP contribution in [0, 0.1) is 0 Å². The maximum absolute atomic E-state index is 10.8. The van der Waals surface area contributed by atoms with Crippen molar-refractivity contribution in [3.05, 3.63) is 28.2 Å². The van der Waals surface area contributed by atoms with Gasteiger partial charge in [0.05, 0.1) is 0 Å². The van der Waals surface area contributed by atoms with E-state index in [1.165, 1.54) is 6.20 Å². The average Bonchev–Trinajstić information content (AvgIpc) is 1.94. The molecule has 0 aliphatic carbocycles. The largest absolute Gasteiger partial charge is 0.398 e. The van der Waals surface area contributed by atoms with Gasteiger partial charge in [0.2, 0.25) is 0 Å². The van der Waals surface area contributed by atoms with Crippen LogP contribution in [-0.2, 0) is 6.54 Å². The molecule has 0 aromatic carbocycles. The van der Waals surface area contributed by atoms with Crippen LogP contribution in [0.15, 0.2) is 17.1 Å². The second kappa shape index (κ2) is 2.53. The Morgan fingerprint density at radius 2 is 2.30 bits per heavy atom. The molecule has 0 saturated carbocycles. The summed E-state index contributed by atoms with van der Waals surface area (Å²) in [5.41, 5.74) is 11.5. The molecule has 0 radical (unpaired) electrons. The Labute approximate surface area is 57.9 Å². The molecule has 4 heteroatoms. The molecule has 0 bridgehead atoms. The molecule has 54 valence electrons. The van der Waals surface area contributed by atoms with Crippen LogP contribution in [0.2, 0.25) is 0 Å². The molecule has 0 amide bonds. The number of hydrogen-bond acceptors (Lipinski definition) is 3. The second-order valence-corrected chi connectivity index (χ2v) is 1.99. The van der Waals surface area contributed by atoms with Crippen molar-refractivity contribution in [3.8, 4) is 0 Å². The van der Waals surface area contributed by atoms with Gasteiger partial charge < -0.3 is 16.5 Å². The van der Waals surface area contributed by atoms with Gasteiger partial charge in [-0.05, 0) is 6.07 Å². The topological polar surface area (TPSA) is 84.9 Å². The lowest BCUT2D eigenvalue weighted by Crippen LogP contribution is -2.15. The van der Waals surface area contributed by atoms with E-state index in [9.17, 15) is 4.79 Å². The molecule has 0 atom stereocenters. The van der Waals surface area contributed by atoms with E-state index in [1.54, 1.807) is 6.07 Å². The van der Waals surface area contributed by atoms with Gasteiger partial charge in [-0.2, -0.15) is 0 Å². The highest BCUT2D eigenvalue weighted by molar-refractivity contribution is 5.36. The number of pyridine rings is 1. The monoisotopic (exact) mass is 139 g/mol. The molecule has 5 N–H and O–H groups in total. The summed E-state index contributed by atoms with van der Waals surface area (Å²) >= 11 is 0. The zero-order valence-electron chi connectivity index (χ0n) is 5.42. The first-order valence-electron chi connectivity index (χ1n) is 2.91. The third-order valence-electron chi connectivity index (χ3n) is 1.22. The number of aromatic nitrogens is 1. The van der Waals surface area contributed by atoms with Gasteiger partial charge in [0.1, 0.15) is 0 Å². The molecule has 0 saturated heterocycles. The summed E-state index contributed by atoms with van der Waals surface area (Å²) in [5, 5.41) is 0. The van der Waals surface area contributed by atoms with Crippen LogP contribution >= 0.6 is 0 Å². The normalized spacial score (nSPS) is 9.70. The summed E-state index contributed by atoms with van der Waals surface area (Å²) in [6.07, 6.45) is 1.45. The van der Waals surface area contributed by atoms with Gasteiger partial charge in [-0.25, -0.2) is 0 Å². The SMILES string of the molecule is NCc1cc(N)c[nH]c1=O. The van der Waals surface area contributed by atoms with Gasteiger partial charge in [-0.3, -0.25) is 4.79 Å². The molecule has 0 fully saturated rings. The smallest absolute Gasteiger partial charge is 0.252 e. The van der Waals surface area contributed by atoms with Crippen molar-refractivity contribution in [1.29, 1.82) is 0 Å². The highest BCUT2D eigenvalue weighted by Crippen LogP contribution is 1.96. The van der Waals surface area contributed by atoms with Gasteiger partial charge in [0.15, 0.2) is 0 Å². The van der Waals surface area contributed by atoms with Crippen LogP contribution < -0.4 is 17.0 Å². The summed E-state index contributed by atoms with van der Waals surface area (Å²) < 4.78 is 0. The minimum atomic E-state index is -0.170. The van der Waals surface area contributed by atoms with Crippen molar-refractivity contribution in [2.45, 2.75) is 6.54 Å². The van der Waals surface area contributed by atoms with Crippen molar-refractivity contribution >= 4 is 5.69 Å². The molecule has 4 nitrogen and oxygen atoms in total. The van der Waals surface area contributed by atoms with Gasteiger partial charge in [0, 0.05) is 24.0 Å². The van der Waals surface area contributed by atoms with E-state index in [1.807, 2.05) is 0 Å². The zero-order chi connectivity index (χ0) is 7.56. The first-order valence-corrected chi connectivity index (χ1v) is 2.91. The van der Waals surface area contributed by atoms with E-state index in [0.717, 1.165) is 0 Å². The lowest BCUT2D eigenvalue weighted by Gasteiger charge is -1.95. The Bertz CT molecular complexity index is 279. The Morgan fingerprint density at radius 3 is 2.80 bits per heavy atom. The van der Waals surface area contributed by atoms with Crippen molar-refractivity contribution in [1.82, 2.24) is 4.98 Å². The minimum Gasteiger partial charge on any atom is -0.398 e. The Morgan fingerprint density at radius 1 is 1.60 bits per heavy atom. The van der Waals surface area contributed by atoms with Crippen LogP contribution in [-0.4, -0.2) is 4.98 Å². The standard InChI is InChI=1S/C6H9N3O/c7-2-4-1-5(8)3-9-6(4)10/h1,3H,2,7-8H2,(H,9,10). The number of nitrogen functional groups attached to an aromatic ring is 1. The maximum Gasteiger partial charge on any atom is 0.252 e. The number of aromatic amines is 1. The van der Waals surface area contributed by atoms with Crippen LogP contribution in [0.1, 0.15) is 5.56 Å². The van der Waals surface area contributed by atoms with E-state index in [4.69, 9.17) is 11.5 Å². The number of rotatable bonds is 1. The fourth-order valence-corrected chi connectivity index (χ4v) is 0.702. The van der Waals surface area contributed by atoms with Crippen molar-refractivity contribution in [2.75, 3.05) is 5.73 Å². The van der Waals surface area contributed by atoms with E-state index < -0.39 is 0 Å². The van der Waals surface area contributed by atoms with E-state index >= 15 is 0 Å². The molecule has 1 aromatic heterocycles. The number of H-pyrrole nitrogens is 1. The maximum atomic E-state index is 10.8. The van der Waals surface area contributed by atoms with Crippen molar-refractivity contribution in [3.63, 3.8) is 0 Å². The third kappa shape index (κ3) is 1.16. The summed E-state index contributed by atoms with van der Waals surface area (Å²) in [6.45, 7) is 0.223. The molecule has 0 unspecified atom stereocenters. The highest BCUT2D eigenvalue weighted by Gasteiger charge is 1.94. The lowest BCUT2D eigenvalue weighted by molar-refractivity contribution is 1.02. The number of nitrogens with two attached hydrogens (primary N) is 2. The van der Waals surface area contributed by atoms with Crippen molar-refractivity contribution < 1.29 is 0 Å². The minimum absolute atomic E-state index is 0.170. The van der Waals surface area contributed by atoms with Crippen molar-refractivity contribution in [2.24, 2.45) is 5.73 Å². The van der Waals surface area contributed by atoms with Crippen LogP contribution in [0.4, 0.5) is 5.69 Å². The fourth-order valence-electron chi connectivity index (χ4n) is 0.702. The van der Waals surface area contributed by atoms with E-state index in [2.05, 4.69) is 4.98 Å². The molecular formula is C6H9N3O. The first-order chi connectivity index (χ1) is 4.74. The third-order valence-corrected chi connectivity index (χ3v) is 1.22. The number of hydrogen-bond donors (Lipinski definition) is 3. The molecule has 0 aliphatic rings. The molecular weight excluding hydrogens is 130 g/mol. The number of anilines is 1. The first kappa shape index (κ1) is 6.82. The van der Waals surface area contributed by atoms with Gasteiger partial charge in [-0.1, -0.05) is 0 Å².